The molecular weight excluding hydrogens is 343 g/mol. The van der Waals surface area contributed by atoms with E-state index in [4.69, 9.17) is 5.26 Å². The van der Waals surface area contributed by atoms with Crippen molar-refractivity contribution in [3.05, 3.63) is 70.9 Å². The highest BCUT2D eigenvalue weighted by atomic mass is 19.4. The Labute approximate surface area is 149 Å². The fraction of sp³-hybridized carbons (Fsp3) is 0.158. The largest absolute Gasteiger partial charge is 0.416 e. The van der Waals surface area contributed by atoms with Gasteiger partial charge < -0.3 is 10.6 Å². The average Bonchev–Trinajstić information content (AvgIpc) is 2.58. The molecule has 134 valence electrons. The molecule has 0 atom stereocenters. The average molecular weight is 359 g/mol. The Hall–Kier alpha value is -3.27. The van der Waals surface area contributed by atoms with Crippen LogP contribution in [-0.2, 0) is 11.0 Å². The first-order chi connectivity index (χ1) is 12.2. The van der Waals surface area contributed by atoms with Crippen LogP contribution in [-0.4, -0.2) is 5.91 Å². The maximum atomic E-state index is 12.7. The van der Waals surface area contributed by atoms with Gasteiger partial charge in [-0.1, -0.05) is 12.1 Å². The van der Waals surface area contributed by atoms with Gasteiger partial charge in [0.1, 0.15) is 11.6 Å². The van der Waals surface area contributed by atoms with E-state index in [9.17, 15) is 18.0 Å². The van der Waals surface area contributed by atoms with Crippen LogP contribution in [0.5, 0.6) is 0 Å². The molecule has 0 fully saturated rings. The number of alkyl halides is 3. The molecule has 2 aromatic rings. The smallest absolute Gasteiger partial charge is 0.360 e. The number of anilines is 2. The minimum atomic E-state index is -4.51. The third kappa shape index (κ3) is 4.86. The lowest BCUT2D eigenvalue weighted by molar-refractivity contribution is -0.137. The molecule has 0 unspecified atom stereocenters. The van der Waals surface area contributed by atoms with E-state index in [0.29, 0.717) is 5.69 Å². The van der Waals surface area contributed by atoms with Gasteiger partial charge in [-0.05, 0) is 55.3 Å². The zero-order valence-corrected chi connectivity index (χ0v) is 14.1. The molecule has 4 nitrogen and oxygen atoms in total. The van der Waals surface area contributed by atoms with Crippen LogP contribution in [0.25, 0.3) is 0 Å². The number of aryl methyl sites for hydroxylation is 2. The first kappa shape index (κ1) is 19.1. The molecule has 0 aromatic heterocycles. The predicted molar refractivity (Wildman–Crippen MR) is 93.3 cm³/mol. The van der Waals surface area contributed by atoms with Crippen LogP contribution in [0.15, 0.2) is 54.2 Å². The zero-order chi connectivity index (χ0) is 19.3. The summed E-state index contributed by atoms with van der Waals surface area (Å²) in [6, 6.07) is 11.5. The van der Waals surface area contributed by atoms with Crippen molar-refractivity contribution in [2.75, 3.05) is 10.6 Å². The minimum Gasteiger partial charge on any atom is -0.360 e. The molecule has 0 aliphatic heterocycles. The normalized spacial score (nSPS) is 11.6. The van der Waals surface area contributed by atoms with Gasteiger partial charge in [-0.25, -0.2) is 0 Å². The van der Waals surface area contributed by atoms with Crippen molar-refractivity contribution in [2.24, 2.45) is 0 Å². The monoisotopic (exact) mass is 359 g/mol. The summed E-state index contributed by atoms with van der Waals surface area (Å²) >= 11 is 0. The lowest BCUT2D eigenvalue weighted by Gasteiger charge is -2.10. The van der Waals surface area contributed by atoms with Crippen LogP contribution in [0.2, 0.25) is 0 Å². The first-order valence-corrected chi connectivity index (χ1v) is 7.63. The second-order valence-corrected chi connectivity index (χ2v) is 5.65. The van der Waals surface area contributed by atoms with Gasteiger partial charge in [0.05, 0.1) is 5.56 Å². The van der Waals surface area contributed by atoms with Gasteiger partial charge in [-0.3, -0.25) is 4.79 Å². The standard InChI is InChI=1S/C19H16F3N3O/c1-12-6-7-16(8-13(12)2)24-11-14(10-23)18(26)25-17-5-3-4-15(9-17)19(20,21)22/h3-9,11,24H,1-2H3,(H,25,26)/b14-11-. The summed E-state index contributed by atoms with van der Waals surface area (Å²) in [5.74, 6) is -0.803. The highest BCUT2D eigenvalue weighted by molar-refractivity contribution is 6.06. The second-order valence-electron chi connectivity index (χ2n) is 5.65. The fourth-order valence-corrected chi connectivity index (χ4v) is 2.11. The number of hydrogen-bond acceptors (Lipinski definition) is 3. The van der Waals surface area contributed by atoms with Crippen molar-refractivity contribution in [2.45, 2.75) is 20.0 Å². The molecule has 1 amide bonds. The van der Waals surface area contributed by atoms with Crippen LogP contribution in [0, 0.1) is 25.2 Å². The minimum absolute atomic E-state index is 0.0443. The van der Waals surface area contributed by atoms with E-state index in [2.05, 4.69) is 10.6 Å². The predicted octanol–water partition coefficient (Wildman–Crippen LogP) is 4.78. The third-order valence-electron chi connectivity index (χ3n) is 3.70. The maximum Gasteiger partial charge on any atom is 0.416 e. The molecule has 2 aromatic carbocycles. The van der Waals surface area contributed by atoms with Crippen LogP contribution in [0.3, 0.4) is 0 Å². The molecule has 26 heavy (non-hydrogen) atoms. The van der Waals surface area contributed by atoms with E-state index in [1.54, 1.807) is 12.1 Å². The summed E-state index contributed by atoms with van der Waals surface area (Å²) in [5, 5.41) is 14.3. The van der Waals surface area contributed by atoms with Gasteiger partial charge in [0, 0.05) is 17.6 Å². The van der Waals surface area contributed by atoms with Gasteiger partial charge in [0.25, 0.3) is 5.91 Å². The molecule has 0 heterocycles. The van der Waals surface area contributed by atoms with Gasteiger partial charge in [0.2, 0.25) is 0 Å². The summed E-state index contributed by atoms with van der Waals surface area (Å²) in [5.41, 5.74) is 1.63. The molecule has 0 saturated heterocycles. The molecule has 0 bridgehead atoms. The molecule has 0 saturated carbocycles. The van der Waals surface area contributed by atoms with Crippen LogP contribution in [0.1, 0.15) is 16.7 Å². The summed E-state index contributed by atoms with van der Waals surface area (Å²) in [6.07, 6.45) is -3.30. The van der Waals surface area contributed by atoms with Crippen LogP contribution >= 0.6 is 0 Å². The van der Waals surface area contributed by atoms with Crippen LogP contribution in [0.4, 0.5) is 24.5 Å². The van der Waals surface area contributed by atoms with Crippen molar-refractivity contribution >= 4 is 17.3 Å². The van der Waals surface area contributed by atoms with Crippen molar-refractivity contribution in [1.82, 2.24) is 0 Å². The number of carbonyl (C=O) groups is 1. The number of hydrogen-bond donors (Lipinski definition) is 2. The number of rotatable bonds is 4. The highest BCUT2D eigenvalue weighted by Gasteiger charge is 2.30. The number of nitrogens with one attached hydrogen (secondary N) is 2. The first-order valence-electron chi connectivity index (χ1n) is 7.63. The number of nitriles is 1. The van der Waals surface area contributed by atoms with Crippen molar-refractivity contribution in [3.63, 3.8) is 0 Å². The Morgan fingerprint density at radius 1 is 1.08 bits per heavy atom. The van der Waals surface area contributed by atoms with Gasteiger partial charge >= 0.3 is 6.18 Å². The maximum absolute atomic E-state index is 12.7. The summed E-state index contributed by atoms with van der Waals surface area (Å²) in [7, 11) is 0. The van der Waals surface area contributed by atoms with E-state index in [1.165, 1.54) is 18.3 Å². The SMILES string of the molecule is Cc1ccc(N/C=C(/C#N)C(=O)Nc2cccc(C(F)(F)F)c2)cc1C. The molecule has 2 N–H and O–H groups in total. The van der Waals surface area contributed by atoms with E-state index in [1.807, 2.05) is 26.0 Å². The van der Waals surface area contributed by atoms with Gasteiger partial charge in [-0.15, -0.1) is 0 Å². The molecule has 0 aliphatic carbocycles. The van der Waals surface area contributed by atoms with Crippen molar-refractivity contribution in [3.8, 4) is 6.07 Å². The highest BCUT2D eigenvalue weighted by Crippen LogP contribution is 2.30. The lowest BCUT2D eigenvalue weighted by atomic mass is 10.1. The van der Waals surface area contributed by atoms with E-state index in [0.717, 1.165) is 23.3 Å². The lowest BCUT2D eigenvalue weighted by Crippen LogP contribution is -2.15. The Balaban J connectivity index is 2.13. The summed E-state index contributed by atoms with van der Waals surface area (Å²) in [4.78, 5) is 12.1. The number of amides is 1. The van der Waals surface area contributed by atoms with E-state index >= 15 is 0 Å². The quantitative estimate of drug-likeness (QED) is 0.610. The molecule has 7 heteroatoms. The Bertz CT molecular complexity index is 896. The Morgan fingerprint density at radius 3 is 2.42 bits per heavy atom. The fourth-order valence-electron chi connectivity index (χ4n) is 2.11. The molecule has 0 aliphatic rings. The third-order valence-corrected chi connectivity index (χ3v) is 3.70. The number of benzene rings is 2. The Morgan fingerprint density at radius 2 is 1.81 bits per heavy atom. The van der Waals surface area contributed by atoms with Gasteiger partial charge in [-0.2, -0.15) is 18.4 Å². The van der Waals surface area contributed by atoms with Crippen molar-refractivity contribution < 1.29 is 18.0 Å². The van der Waals surface area contributed by atoms with Crippen LogP contribution < -0.4 is 10.6 Å². The molecule has 0 radical (unpaired) electrons. The number of carbonyl (C=O) groups excluding carboxylic acids is 1. The van der Waals surface area contributed by atoms with E-state index < -0.39 is 17.6 Å². The second kappa shape index (κ2) is 7.74. The topological polar surface area (TPSA) is 64.9 Å². The number of nitrogens with zero attached hydrogens (tertiary/aromatic N) is 1. The number of halogens is 3. The summed E-state index contributed by atoms with van der Waals surface area (Å²) < 4.78 is 38.1. The Kier molecular flexibility index (Phi) is 5.68. The molecule has 0 spiro atoms. The molecular formula is C19H16F3N3O. The zero-order valence-electron chi connectivity index (χ0n) is 14.1. The van der Waals surface area contributed by atoms with Gasteiger partial charge in [0.15, 0.2) is 0 Å². The van der Waals surface area contributed by atoms with E-state index in [-0.39, 0.29) is 11.3 Å². The molecule has 2 rings (SSSR count). The van der Waals surface area contributed by atoms with Crippen molar-refractivity contribution in [1.29, 1.82) is 5.26 Å². The summed E-state index contributed by atoms with van der Waals surface area (Å²) in [6.45, 7) is 3.88.